The average molecular weight is 168 g/mol. The van der Waals surface area contributed by atoms with Crippen LogP contribution in [0.1, 0.15) is 33.1 Å². The van der Waals surface area contributed by atoms with E-state index in [1.54, 1.807) is 0 Å². The molecule has 0 amide bonds. The Morgan fingerprint density at radius 3 is 2.92 bits per heavy atom. The van der Waals surface area contributed by atoms with Crippen molar-refractivity contribution in [3.63, 3.8) is 0 Å². The van der Waals surface area contributed by atoms with Crippen LogP contribution in [-0.2, 0) is 0 Å². The van der Waals surface area contributed by atoms with Crippen LogP contribution in [0.4, 0.5) is 0 Å². The lowest BCUT2D eigenvalue weighted by atomic mass is 10.1. The van der Waals surface area contributed by atoms with Crippen LogP contribution in [0.25, 0.3) is 0 Å². The monoisotopic (exact) mass is 168 g/mol. The van der Waals surface area contributed by atoms with E-state index < -0.39 is 0 Å². The Bertz CT molecular complexity index is 156. The summed E-state index contributed by atoms with van der Waals surface area (Å²) in [5.41, 5.74) is 0. The molecule has 1 N–H and O–H groups in total. The predicted octanol–water partition coefficient (Wildman–Crippen LogP) is 1.22. The van der Waals surface area contributed by atoms with Crippen LogP contribution in [0.3, 0.4) is 0 Å². The van der Waals surface area contributed by atoms with Gasteiger partial charge in [0.1, 0.15) is 0 Å². The van der Waals surface area contributed by atoms with E-state index in [0.29, 0.717) is 0 Å². The van der Waals surface area contributed by atoms with Crippen molar-refractivity contribution in [2.45, 2.75) is 51.2 Å². The van der Waals surface area contributed by atoms with Crippen molar-refractivity contribution in [1.82, 2.24) is 10.2 Å². The van der Waals surface area contributed by atoms with Crippen molar-refractivity contribution in [1.29, 1.82) is 0 Å². The van der Waals surface area contributed by atoms with Gasteiger partial charge >= 0.3 is 0 Å². The Labute approximate surface area is 75.3 Å². The van der Waals surface area contributed by atoms with Crippen molar-refractivity contribution >= 4 is 0 Å². The van der Waals surface area contributed by atoms with Crippen LogP contribution in [0, 0.1) is 0 Å². The zero-order valence-corrected chi connectivity index (χ0v) is 8.21. The predicted molar refractivity (Wildman–Crippen MR) is 51.3 cm³/mol. The first-order valence-electron chi connectivity index (χ1n) is 5.28. The van der Waals surface area contributed by atoms with E-state index in [1.807, 2.05) is 0 Å². The summed E-state index contributed by atoms with van der Waals surface area (Å²) in [4.78, 5) is 2.67. The van der Waals surface area contributed by atoms with Crippen LogP contribution >= 0.6 is 0 Å². The summed E-state index contributed by atoms with van der Waals surface area (Å²) < 4.78 is 0. The lowest BCUT2D eigenvalue weighted by Crippen LogP contribution is -2.57. The largest absolute Gasteiger partial charge is 0.311 e. The van der Waals surface area contributed by atoms with Gasteiger partial charge in [0, 0.05) is 31.2 Å². The van der Waals surface area contributed by atoms with Gasteiger partial charge in [-0.15, -0.1) is 0 Å². The standard InChI is InChI=1S/C10H20N2/c1-8(2)12-7-6-11-9-4-3-5-10(9)12/h8-11H,3-7H2,1-2H3. The van der Waals surface area contributed by atoms with Crippen LogP contribution in [0.5, 0.6) is 0 Å². The number of nitrogens with zero attached hydrogens (tertiary/aromatic N) is 1. The average Bonchev–Trinajstić information content (AvgIpc) is 2.49. The minimum Gasteiger partial charge on any atom is -0.311 e. The van der Waals surface area contributed by atoms with E-state index in [0.717, 1.165) is 18.1 Å². The van der Waals surface area contributed by atoms with E-state index in [9.17, 15) is 0 Å². The molecule has 0 aromatic carbocycles. The molecule has 0 aromatic rings. The summed E-state index contributed by atoms with van der Waals surface area (Å²) in [6.07, 6.45) is 4.23. The summed E-state index contributed by atoms with van der Waals surface area (Å²) in [6.45, 7) is 7.08. The second-order valence-electron chi connectivity index (χ2n) is 4.39. The third-order valence-electron chi connectivity index (χ3n) is 3.35. The Hall–Kier alpha value is -0.0800. The highest BCUT2D eigenvalue weighted by Crippen LogP contribution is 2.27. The molecule has 2 rings (SSSR count). The summed E-state index contributed by atoms with van der Waals surface area (Å²) in [5.74, 6) is 0. The maximum Gasteiger partial charge on any atom is 0.0252 e. The van der Waals surface area contributed by atoms with Crippen molar-refractivity contribution < 1.29 is 0 Å². The second kappa shape index (κ2) is 3.35. The third-order valence-corrected chi connectivity index (χ3v) is 3.35. The molecule has 1 saturated carbocycles. The molecule has 2 atom stereocenters. The first-order chi connectivity index (χ1) is 5.79. The molecule has 1 heterocycles. The third kappa shape index (κ3) is 1.38. The van der Waals surface area contributed by atoms with E-state index in [2.05, 4.69) is 24.1 Å². The van der Waals surface area contributed by atoms with Gasteiger partial charge < -0.3 is 5.32 Å². The zero-order valence-electron chi connectivity index (χ0n) is 8.21. The van der Waals surface area contributed by atoms with E-state index in [-0.39, 0.29) is 0 Å². The Kier molecular flexibility index (Phi) is 2.37. The van der Waals surface area contributed by atoms with Crippen LogP contribution in [0.15, 0.2) is 0 Å². The SMILES string of the molecule is CC(C)N1CCNC2CCCC21. The first-order valence-corrected chi connectivity index (χ1v) is 5.28. The van der Waals surface area contributed by atoms with Gasteiger partial charge in [0.2, 0.25) is 0 Å². The number of piperazine rings is 1. The molecule has 1 aliphatic heterocycles. The number of rotatable bonds is 1. The van der Waals surface area contributed by atoms with Crippen molar-refractivity contribution in [3.05, 3.63) is 0 Å². The fourth-order valence-corrected chi connectivity index (χ4v) is 2.76. The topological polar surface area (TPSA) is 15.3 Å². The highest BCUT2D eigenvalue weighted by Gasteiger charge is 2.35. The maximum absolute atomic E-state index is 3.62. The molecule has 2 heteroatoms. The minimum absolute atomic E-state index is 0.734. The van der Waals surface area contributed by atoms with Crippen LogP contribution in [-0.4, -0.2) is 36.1 Å². The van der Waals surface area contributed by atoms with Gasteiger partial charge in [-0.1, -0.05) is 6.42 Å². The normalized spacial score (nSPS) is 37.2. The number of nitrogens with one attached hydrogen (secondary N) is 1. The lowest BCUT2D eigenvalue weighted by molar-refractivity contribution is 0.103. The van der Waals surface area contributed by atoms with Gasteiger partial charge in [-0.25, -0.2) is 0 Å². The summed E-state index contributed by atoms with van der Waals surface area (Å²) in [6, 6.07) is 2.39. The van der Waals surface area contributed by atoms with Gasteiger partial charge in [-0.05, 0) is 26.7 Å². The minimum atomic E-state index is 0.734. The van der Waals surface area contributed by atoms with Gasteiger partial charge in [-0.2, -0.15) is 0 Å². The van der Waals surface area contributed by atoms with Crippen molar-refractivity contribution in [2.24, 2.45) is 0 Å². The molecule has 0 radical (unpaired) electrons. The molecule has 2 aliphatic rings. The van der Waals surface area contributed by atoms with Gasteiger partial charge in [0.25, 0.3) is 0 Å². The smallest absolute Gasteiger partial charge is 0.0252 e. The highest BCUT2D eigenvalue weighted by atomic mass is 15.3. The Balaban J connectivity index is 2.03. The van der Waals surface area contributed by atoms with Gasteiger partial charge in [0.15, 0.2) is 0 Å². The fourth-order valence-electron chi connectivity index (χ4n) is 2.76. The molecule has 2 unspecified atom stereocenters. The molecule has 1 saturated heterocycles. The summed E-state index contributed by atoms with van der Waals surface area (Å²) in [7, 11) is 0. The molecule has 70 valence electrons. The molecular weight excluding hydrogens is 148 g/mol. The van der Waals surface area contributed by atoms with Crippen LogP contribution < -0.4 is 5.32 Å². The highest BCUT2D eigenvalue weighted by molar-refractivity contribution is 4.94. The first kappa shape index (κ1) is 8.52. The van der Waals surface area contributed by atoms with E-state index in [4.69, 9.17) is 0 Å². The fraction of sp³-hybridized carbons (Fsp3) is 1.00. The van der Waals surface area contributed by atoms with Crippen molar-refractivity contribution in [2.75, 3.05) is 13.1 Å². The number of fused-ring (bicyclic) bond motifs is 1. The maximum atomic E-state index is 3.62. The lowest BCUT2D eigenvalue weighted by Gasteiger charge is -2.41. The van der Waals surface area contributed by atoms with E-state index >= 15 is 0 Å². The molecule has 2 nitrogen and oxygen atoms in total. The summed E-state index contributed by atoms with van der Waals surface area (Å²) >= 11 is 0. The quantitative estimate of drug-likeness (QED) is 0.633. The molecule has 2 fully saturated rings. The molecule has 12 heavy (non-hydrogen) atoms. The summed E-state index contributed by atoms with van der Waals surface area (Å²) in [5, 5.41) is 3.62. The van der Waals surface area contributed by atoms with Crippen LogP contribution in [0.2, 0.25) is 0 Å². The van der Waals surface area contributed by atoms with Crippen molar-refractivity contribution in [3.8, 4) is 0 Å². The molecule has 0 spiro atoms. The zero-order chi connectivity index (χ0) is 8.55. The van der Waals surface area contributed by atoms with Gasteiger partial charge in [-0.3, -0.25) is 4.90 Å². The molecular formula is C10H20N2. The second-order valence-corrected chi connectivity index (χ2v) is 4.39. The van der Waals surface area contributed by atoms with E-state index in [1.165, 1.54) is 32.4 Å². The molecule has 0 bridgehead atoms. The molecule has 0 aromatic heterocycles. The molecule has 1 aliphatic carbocycles. The number of hydrogen-bond acceptors (Lipinski definition) is 2. The number of hydrogen-bond donors (Lipinski definition) is 1. The Morgan fingerprint density at radius 1 is 1.33 bits per heavy atom. The Morgan fingerprint density at radius 2 is 2.17 bits per heavy atom. The van der Waals surface area contributed by atoms with Gasteiger partial charge in [0.05, 0.1) is 0 Å².